The van der Waals surface area contributed by atoms with Gasteiger partial charge in [0.25, 0.3) is 11.8 Å². The van der Waals surface area contributed by atoms with E-state index in [4.69, 9.17) is 5.73 Å². The lowest BCUT2D eigenvalue weighted by Crippen LogP contribution is -2.50. The number of anilines is 1. The number of sulfonamides is 1. The van der Waals surface area contributed by atoms with Gasteiger partial charge in [-0.3, -0.25) is 14.4 Å². The molecule has 2 saturated heterocycles. The maximum Gasteiger partial charge on any atom is 0.265 e. The van der Waals surface area contributed by atoms with Crippen LogP contribution < -0.4 is 10.6 Å². The molecular weight excluding hydrogens is 434 g/mol. The van der Waals surface area contributed by atoms with Crippen LogP contribution in [0.5, 0.6) is 0 Å². The largest absolute Gasteiger partial charge is 0.364 e. The summed E-state index contributed by atoms with van der Waals surface area (Å²) in [6, 6.07) is 8.19. The normalized spacial score (nSPS) is 17.7. The Labute approximate surface area is 186 Å². The fraction of sp³-hybridized carbons (Fsp3) is 0.381. The Morgan fingerprint density at radius 1 is 1.00 bits per heavy atom. The number of benzene rings is 1. The molecule has 0 spiro atoms. The van der Waals surface area contributed by atoms with Crippen LogP contribution in [0.3, 0.4) is 0 Å². The lowest BCUT2D eigenvalue weighted by Gasteiger charge is -2.34. The summed E-state index contributed by atoms with van der Waals surface area (Å²) in [5.74, 6) is -0.802. The molecule has 1 aromatic carbocycles. The van der Waals surface area contributed by atoms with E-state index in [0.29, 0.717) is 18.5 Å². The van der Waals surface area contributed by atoms with Gasteiger partial charge in [0.1, 0.15) is 10.6 Å². The quantitative estimate of drug-likeness (QED) is 0.693. The maximum atomic E-state index is 12.9. The summed E-state index contributed by atoms with van der Waals surface area (Å²) in [5, 5.41) is 0. The second kappa shape index (κ2) is 8.40. The Hall–Kier alpha value is -3.18. The van der Waals surface area contributed by atoms with Gasteiger partial charge in [-0.1, -0.05) is 0 Å². The Morgan fingerprint density at radius 3 is 2.19 bits per heavy atom. The van der Waals surface area contributed by atoms with E-state index in [-0.39, 0.29) is 48.6 Å². The summed E-state index contributed by atoms with van der Waals surface area (Å²) in [4.78, 5) is 39.5. The molecule has 0 bridgehead atoms. The van der Waals surface area contributed by atoms with Crippen molar-refractivity contribution in [1.29, 1.82) is 0 Å². The van der Waals surface area contributed by atoms with Crippen LogP contribution in [0, 0.1) is 0 Å². The third-order valence-corrected chi connectivity index (χ3v) is 7.76. The molecule has 3 amide bonds. The molecule has 2 fully saturated rings. The first-order valence-corrected chi connectivity index (χ1v) is 11.8. The molecular formula is C21H25N5O5S. The standard InChI is InChI=1S/C21H25N5O5S/c1-23-14-17(13-18(23)20(22)28)32(30,31)25-11-9-24(10-12-25)21(29)15-4-6-16(7-5-15)26-8-2-3-19(26)27/h4-7,13-14H,2-3,8-12H2,1H3,(H2,22,28). The van der Waals surface area contributed by atoms with Crippen LogP contribution in [0.1, 0.15) is 33.7 Å². The van der Waals surface area contributed by atoms with Crippen LogP contribution in [0.4, 0.5) is 5.69 Å². The predicted molar refractivity (Wildman–Crippen MR) is 117 cm³/mol. The maximum absolute atomic E-state index is 12.9. The monoisotopic (exact) mass is 459 g/mol. The van der Waals surface area contributed by atoms with E-state index in [1.807, 2.05) is 0 Å². The van der Waals surface area contributed by atoms with Gasteiger partial charge in [-0.05, 0) is 36.8 Å². The molecule has 0 saturated carbocycles. The summed E-state index contributed by atoms with van der Waals surface area (Å²) in [6.07, 6.45) is 2.74. The van der Waals surface area contributed by atoms with Gasteiger partial charge in [-0.2, -0.15) is 4.31 Å². The number of nitrogens with two attached hydrogens (primary N) is 1. The molecule has 0 aliphatic carbocycles. The van der Waals surface area contributed by atoms with Crippen LogP contribution in [0.15, 0.2) is 41.4 Å². The molecule has 2 aromatic rings. The Bertz CT molecular complexity index is 1160. The number of amides is 3. The molecule has 2 aliphatic rings. The summed E-state index contributed by atoms with van der Waals surface area (Å²) < 4.78 is 28.6. The fourth-order valence-electron chi connectivity index (χ4n) is 4.09. The minimum atomic E-state index is -3.80. The molecule has 2 aliphatic heterocycles. The highest BCUT2D eigenvalue weighted by Gasteiger charge is 2.32. The van der Waals surface area contributed by atoms with Crippen molar-refractivity contribution in [2.45, 2.75) is 17.7 Å². The van der Waals surface area contributed by atoms with E-state index >= 15 is 0 Å². The van der Waals surface area contributed by atoms with Crippen LogP contribution in [0.2, 0.25) is 0 Å². The average molecular weight is 460 g/mol. The van der Waals surface area contributed by atoms with Gasteiger partial charge in [-0.25, -0.2) is 8.42 Å². The fourth-order valence-corrected chi connectivity index (χ4v) is 5.58. The molecule has 0 radical (unpaired) electrons. The van der Waals surface area contributed by atoms with Crippen LogP contribution in [-0.4, -0.2) is 72.6 Å². The molecule has 0 unspecified atom stereocenters. The van der Waals surface area contributed by atoms with Gasteiger partial charge in [0.2, 0.25) is 15.9 Å². The molecule has 4 rings (SSSR count). The molecule has 11 heteroatoms. The number of primary amides is 1. The number of piperazine rings is 1. The van der Waals surface area contributed by atoms with Gasteiger partial charge in [0, 0.05) is 63.6 Å². The van der Waals surface area contributed by atoms with E-state index in [2.05, 4.69) is 0 Å². The first kappa shape index (κ1) is 22.0. The Kier molecular flexibility index (Phi) is 5.78. The Balaban J connectivity index is 1.41. The molecule has 32 heavy (non-hydrogen) atoms. The van der Waals surface area contributed by atoms with Crippen molar-refractivity contribution in [1.82, 2.24) is 13.8 Å². The number of aromatic nitrogens is 1. The number of hydrogen-bond donors (Lipinski definition) is 1. The average Bonchev–Trinajstić information content (AvgIpc) is 3.39. The third kappa shape index (κ3) is 4.00. The zero-order valence-corrected chi connectivity index (χ0v) is 18.5. The van der Waals surface area contributed by atoms with Crippen molar-refractivity contribution in [3.8, 4) is 0 Å². The van der Waals surface area contributed by atoms with Crippen molar-refractivity contribution in [2.24, 2.45) is 12.8 Å². The highest BCUT2D eigenvalue weighted by molar-refractivity contribution is 7.89. The van der Waals surface area contributed by atoms with Crippen LogP contribution in [-0.2, 0) is 21.9 Å². The smallest absolute Gasteiger partial charge is 0.265 e. The first-order chi connectivity index (χ1) is 15.2. The van der Waals surface area contributed by atoms with Crippen molar-refractivity contribution >= 4 is 33.4 Å². The predicted octanol–water partition coefficient (Wildman–Crippen LogP) is 0.398. The number of rotatable bonds is 5. The number of aryl methyl sites for hydroxylation is 1. The summed E-state index contributed by atoms with van der Waals surface area (Å²) >= 11 is 0. The summed E-state index contributed by atoms with van der Waals surface area (Å²) in [6.45, 7) is 1.48. The van der Waals surface area contributed by atoms with E-state index in [9.17, 15) is 22.8 Å². The zero-order chi connectivity index (χ0) is 23.0. The summed E-state index contributed by atoms with van der Waals surface area (Å²) in [7, 11) is -2.25. The molecule has 3 heterocycles. The molecule has 10 nitrogen and oxygen atoms in total. The van der Waals surface area contributed by atoms with Gasteiger partial charge < -0.3 is 20.1 Å². The van der Waals surface area contributed by atoms with Crippen molar-refractivity contribution in [2.75, 3.05) is 37.6 Å². The van der Waals surface area contributed by atoms with Crippen LogP contribution in [0.25, 0.3) is 0 Å². The van der Waals surface area contributed by atoms with Gasteiger partial charge in [0.15, 0.2) is 0 Å². The Morgan fingerprint density at radius 2 is 1.66 bits per heavy atom. The second-order valence-corrected chi connectivity index (χ2v) is 9.87. The van der Waals surface area contributed by atoms with Gasteiger partial charge in [0.05, 0.1) is 0 Å². The lowest BCUT2D eigenvalue weighted by atomic mass is 10.1. The molecule has 0 atom stereocenters. The lowest BCUT2D eigenvalue weighted by molar-refractivity contribution is -0.117. The van der Waals surface area contributed by atoms with E-state index in [1.165, 1.54) is 21.1 Å². The number of nitrogens with zero attached hydrogens (tertiary/aromatic N) is 4. The van der Waals surface area contributed by atoms with E-state index < -0.39 is 15.9 Å². The van der Waals surface area contributed by atoms with Crippen molar-refractivity contribution in [3.63, 3.8) is 0 Å². The highest BCUT2D eigenvalue weighted by Crippen LogP contribution is 2.23. The molecule has 2 N–H and O–H groups in total. The SMILES string of the molecule is Cn1cc(S(=O)(=O)N2CCN(C(=O)c3ccc(N4CCCC4=O)cc3)CC2)cc1C(N)=O. The topological polar surface area (TPSA) is 126 Å². The van der Waals surface area contributed by atoms with E-state index in [0.717, 1.165) is 12.1 Å². The zero-order valence-electron chi connectivity index (χ0n) is 17.7. The second-order valence-electron chi connectivity index (χ2n) is 7.93. The first-order valence-electron chi connectivity index (χ1n) is 10.3. The minimum absolute atomic E-state index is 0.000579. The highest BCUT2D eigenvalue weighted by atomic mass is 32.2. The third-order valence-electron chi connectivity index (χ3n) is 5.90. The molecule has 170 valence electrons. The number of carbonyl (C=O) groups is 3. The van der Waals surface area contributed by atoms with Gasteiger partial charge in [-0.15, -0.1) is 0 Å². The van der Waals surface area contributed by atoms with Crippen molar-refractivity contribution < 1.29 is 22.8 Å². The van der Waals surface area contributed by atoms with Gasteiger partial charge >= 0.3 is 0 Å². The van der Waals surface area contributed by atoms with Crippen LogP contribution >= 0.6 is 0 Å². The summed E-state index contributed by atoms with van der Waals surface area (Å²) in [5.41, 5.74) is 6.65. The molecule has 1 aromatic heterocycles. The van der Waals surface area contributed by atoms with Crippen molar-refractivity contribution in [3.05, 3.63) is 47.8 Å². The minimum Gasteiger partial charge on any atom is -0.364 e. The van der Waals surface area contributed by atoms with E-state index in [1.54, 1.807) is 41.1 Å². The number of hydrogen-bond acceptors (Lipinski definition) is 5. The number of carbonyl (C=O) groups excluding carboxylic acids is 3.